The van der Waals surface area contributed by atoms with E-state index in [1.807, 2.05) is 26.0 Å². The Kier molecular flexibility index (Phi) is 5.27. The molecule has 0 saturated heterocycles. The van der Waals surface area contributed by atoms with Crippen molar-refractivity contribution in [2.45, 2.75) is 38.6 Å². The second kappa shape index (κ2) is 7.30. The Bertz CT molecular complexity index is 1100. The van der Waals surface area contributed by atoms with Gasteiger partial charge in [-0.05, 0) is 48.9 Å². The molecule has 0 unspecified atom stereocenters. The van der Waals surface area contributed by atoms with Gasteiger partial charge in [-0.25, -0.2) is 13.4 Å². The molecule has 0 aliphatic rings. The van der Waals surface area contributed by atoms with E-state index in [2.05, 4.69) is 9.97 Å². The molecule has 0 radical (unpaired) electrons. The number of hydrogen-bond acceptors (Lipinski definition) is 5. The van der Waals surface area contributed by atoms with Crippen LogP contribution in [0.5, 0.6) is 0 Å². The van der Waals surface area contributed by atoms with Crippen LogP contribution in [-0.4, -0.2) is 29.2 Å². The summed E-state index contributed by atoms with van der Waals surface area (Å²) in [6.45, 7) is 5.95. The van der Waals surface area contributed by atoms with E-state index in [4.69, 9.17) is 0 Å². The quantitative estimate of drug-likeness (QED) is 0.699. The second-order valence-electron chi connectivity index (χ2n) is 6.26. The molecular weight excluding hydrogens is 370 g/mol. The third-order valence-electron chi connectivity index (χ3n) is 4.12. The maximum absolute atomic E-state index is 13.2. The Labute approximate surface area is 156 Å². The zero-order valence-electron chi connectivity index (χ0n) is 14.9. The molecule has 3 aromatic rings. The predicted octanol–water partition coefficient (Wildman–Crippen LogP) is 3.20. The fourth-order valence-electron chi connectivity index (χ4n) is 2.82. The normalized spacial score (nSPS) is 12.2. The first-order valence-electron chi connectivity index (χ1n) is 8.36. The SMILES string of the molecule is CCCN(Cc1nc2ccsc2c(=O)[nH]1)S(=O)(=O)c1cc(C)ccc1C. The van der Waals surface area contributed by atoms with E-state index in [9.17, 15) is 13.2 Å². The maximum atomic E-state index is 13.2. The summed E-state index contributed by atoms with van der Waals surface area (Å²) in [6, 6.07) is 7.15. The van der Waals surface area contributed by atoms with Gasteiger partial charge in [-0.1, -0.05) is 19.1 Å². The molecule has 6 nitrogen and oxygen atoms in total. The summed E-state index contributed by atoms with van der Waals surface area (Å²) in [5.41, 5.74) is 1.94. The Morgan fingerprint density at radius 3 is 2.73 bits per heavy atom. The Balaban J connectivity index is 2.02. The molecule has 0 amide bonds. The van der Waals surface area contributed by atoms with Crippen molar-refractivity contribution in [1.29, 1.82) is 0 Å². The van der Waals surface area contributed by atoms with Gasteiger partial charge in [0, 0.05) is 6.54 Å². The first-order chi connectivity index (χ1) is 12.3. The fourth-order valence-corrected chi connectivity index (χ4v) is 5.35. The van der Waals surface area contributed by atoms with Crippen LogP contribution in [0, 0.1) is 13.8 Å². The maximum Gasteiger partial charge on any atom is 0.268 e. The molecule has 138 valence electrons. The van der Waals surface area contributed by atoms with E-state index in [0.717, 1.165) is 5.56 Å². The largest absolute Gasteiger partial charge is 0.308 e. The number of aromatic nitrogens is 2. The summed E-state index contributed by atoms with van der Waals surface area (Å²) in [5.74, 6) is 0.350. The highest BCUT2D eigenvalue weighted by atomic mass is 32.2. The molecule has 1 N–H and O–H groups in total. The van der Waals surface area contributed by atoms with Crippen molar-refractivity contribution < 1.29 is 8.42 Å². The number of nitrogens with one attached hydrogen (secondary N) is 1. The number of rotatable bonds is 6. The highest BCUT2D eigenvalue weighted by molar-refractivity contribution is 7.89. The molecule has 2 aromatic heterocycles. The van der Waals surface area contributed by atoms with Crippen LogP contribution < -0.4 is 5.56 Å². The molecule has 0 fully saturated rings. The van der Waals surface area contributed by atoms with Crippen LogP contribution in [0.4, 0.5) is 0 Å². The number of H-pyrrole nitrogens is 1. The lowest BCUT2D eigenvalue weighted by Crippen LogP contribution is -2.33. The number of benzene rings is 1. The zero-order valence-corrected chi connectivity index (χ0v) is 16.6. The van der Waals surface area contributed by atoms with Crippen molar-refractivity contribution in [1.82, 2.24) is 14.3 Å². The van der Waals surface area contributed by atoms with Crippen LogP contribution in [0.25, 0.3) is 10.2 Å². The van der Waals surface area contributed by atoms with Gasteiger partial charge in [0.2, 0.25) is 10.0 Å². The van der Waals surface area contributed by atoms with E-state index >= 15 is 0 Å². The van der Waals surface area contributed by atoms with Gasteiger partial charge in [0.05, 0.1) is 17.0 Å². The van der Waals surface area contributed by atoms with Crippen LogP contribution in [0.15, 0.2) is 39.3 Å². The van der Waals surface area contributed by atoms with E-state index in [0.29, 0.717) is 39.5 Å². The number of fused-ring (bicyclic) bond motifs is 1. The number of sulfonamides is 1. The highest BCUT2D eigenvalue weighted by Crippen LogP contribution is 2.23. The second-order valence-corrected chi connectivity index (χ2v) is 9.08. The van der Waals surface area contributed by atoms with Gasteiger partial charge in [0.15, 0.2) is 0 Å². The minimum atomic E-state index is -3.69. The Hall–Kier alpha value is -2.03. The monoisotopic (exact) mass is 391 g/mol. The molecule has 0 bridgehead atoms. The van der Waals surface area contributed by atoms with Crippen molar-refractivity contribution in [2.75, 3.05) is 6.54 Å². The van der Waals surface area contributed by atoms with E-state index in [-0.39, 0.29) is 12.1 Å². The van der Waals surface area contributed by atoms with Gasteiger partial charge in [0.1, 0.15) is 10.5 Å². The summed E-state index contributed by atoms with van der Waals surface area (Å²) in [4.78, 5) is 19.6. The standard InChI is InChI=1S/C18H21N3O3S2/c1-4-8-21(26(23,24)15-10-12(2)5-6-13(15)3)11-16-19-14-7-9-25-17(14)18(22)20-16/h5-7,9-10H,4,8,11H2,1-3H3,(H,19,20,22). The first-order valence-corrected chi connectivity index (χ1v) is 10.7. The van der Waals surface area contributed by atoms with Crippen molar-refractivity contribution in [2.24, 2.45) is 0 Å². The third-order valence-corrected chi connectivity index (χ3v) is 7.01. The van der Waals surface area contributed by atoms with Gasteiger partial charge in [-0.15, -0.1) is 11.3 Å². The number of aryl methyl sites for hydroxylation is 2. The molecule has 0 aliphatic heterocycles. The van der Waals surface area contributed by atoms with Crippen LogP contribution in [-0.2, 0) is 16.6 Å². The molecule has 0 aliphatic carbocycles. The van der Waals surface area contributed by atoms with Crippen LogP contribution in [0.2, 0.25) is 0 Å². The fraction of sp³-hybridized carbons (Fsp3) is 0.333. The number of aromatic amines is 1. The minimum absolute atomic E-state index is 0.0323. The number of hydrogen-bond donors (Lipinski definition) is 1. The lowest BCUT2D eigenvalue weighted by atomic mass is 10.2. The van der Waals surface area contributed by atoms with Crippen molar-refractivity contribution in [3.8, 4) is 0 Å². The zero-order chi connectivity index (χ0) is 18.9. The third kappa shape index (κ3) is 3.58. The lowest BCUT2D eigenvalue weighted by Gasteiger charge is -2.22. The molecular formula is C18H21N3O3S2. The highest BCUT2D eigenvalue weighted by Gasteiger charge is 2.26. The topological polar surface area (TPSA) is 83.1 Å². The summed E-state index contributed by atoms with van der Waals surface area (Å²) < 4.78 is 28.3. The molecule has 0 atom stereocenters. The van der Waals surface area contributed by atoms with Gasteiger partial charge in [0.25, 0.3) is 5.56 Å². The van der Waals surface area contributed by atoms with E-state index in [1.165, 1.54) is 15.6 Å². The minimum Gasteiger partial charge on any atom is -0.308 e. The van der Waals surface area contributed by atoms with Gasteiger partial charge >= 0.3 is 0 Å². The van der Waals surface area contributed by atoms with Crippen molar-refractivity contribution in [3.63, 3.8) is 0 Å². The molecule has 2 heterocycles. The van der Waals surface area contributed by atoms with E-state index < -0.39 is 10.0 Å². The van der Waals surface area contributed by atoms with Crippen molar-refractivity contribution >= 4 is 31.6 Å². The summed E-state index contributed by atoms with van der Waals surface area (Å²) in [5, 5.41) is 1.80. The Morgan fingerprint density at radius 1 is 1.23 bits per heavy atom. The molecule has 0 saturated carbocycles. The predicted molar refractivity (Wildman–Crippen MR) is 104 cm³/mol. The van der Waals surface area contributed by atoms with Gasteiger partial charge in [-0.3, -0.25) is 4.79 Å². The average Bonchev–Trinajstić information content (AvgIpc) is 3.05. The number of nitrogens with zero attached hydrogens (tertiary/aromatic N) is 2. The van der Waals surface area contributed by atoms with Gasteiger partial charge in [-0.2, -0.15) is 4.31 Å². The summed E-state index contributed by atoms with van der Waals surface area (Å²) in [7, 11) is -3.69. The van der Waals surface area contributed by atoms with Crippen molar-refractivity contribution in [3.05, 3.63) is 57.0 Å². The molecule has 8 heteroatoms. The Morgan fingerprint density at radius 2 is 2.00 bits per heavy atom. The van der Waals surface area contributed by atoms with E-state index in [1.54, 1.807) is 24.4 Å². The number of thiophene rings is 1. The lowest BCUT2D eigenvalue weighted by molar-refractivity contribution is 0.396. The molecule has 0 spiro atoms. The van der Waals surface area contributed by atoms with Crippen LogP contribution in [0.3, 0.4) is 0 Å². The van der Waals surface area contributed by atoms with Crippen LogP contribution in [0.1, 0.15) is 30.3 Å². The summed E-state index contributed by atoms with van der Waals surface area (Å²) >= 11 is 1.32. The van der Waals surface area contributed by atoms with Crippen LogP contribution >= 0.6 is 11.3 Å². The molecule has 26 heavy (non-hydrogen) atoms. The molecule has 3 rings (SSSR count). The molecule has 1 aromatic carbocycles. The average molecular weight is 392 g/mol. The van der Waals surface area contributed by atoms with Gasteiger partial charge < -0.3 is 4.98 Å². The summed E-state index contributed by atoms with van der Waals surface area (Å²) in [6.07, 6.45) is 0.662. The smallest absolute Gasteiger partial charge is 0.268 e. The first kappa shape index (κ1) is 18.8.